The van der Waals surface area contributed by atoms with Crippen molar-refractivity contribution < 1.29 is 28.5 Å². The molecule has 2 aromatic carbocycles. The maximum atomic E-state index is 13.1. The molecule has 0 aliphatic heterocycles. The van der Waals surface area contributed by atoms with Crippen molar-refractivity contribution in [1.82, 2.24) is 4.90 Å². The number of hydrogen-bond donors (Lipinski definition) is 0. The zero-order valence-corrected chi connectivity index (χ0v) is 19.8. The van der Waals surface area contributed by atoms with E-state index in [-0.39, 0.29) is 0 Å². The minimum atomic E-state index is -0.428. The number of hydrogen-bond acceptors (Lipinski definition) is 7. The minimum absolute atomic E-state index is 0.297. The van der Waals surface area contributed by atoms with E-state index in [1.807, 2.05) is 24.3 Å². The van der Waals surface area contributed by atoms with Crippen molar-refractivity contribution >= 4 is 17.6 Å². The molecule has 7 heteroatoms. The van der Waals surface area contributed by atoms with Crippen molar-refractivity contribution in [2.75, 3.05) is 54.7 Å². The molecule has 0 bridgehead atoms. The lowest BCUT2D eigenvalue weighted by molar-refractivity contribution is -0.136. The Hall–Kier alpha value is -3.19. The van der Waals surface area contributed by atoms with Gasteiger partial charge in [0.25, 0.3) is 0 Å². The molecule has 0 aliphatic carbocycles. The molecule has 0 unspecified atom stereocenters. The highest BCUT2D eigenvalue weighted by Gasteiger charge is 2.20. The smallest absolute Gasteiger partial charge is 0.338 e. The number of ether oxygens (including phenoxy) is 5. The molecule has 0 saturated heterocycles. The molecule has 174 valence electrons. The van der Waals surface area contributed by atoms with E-state index in [4.69, 9.17) is 23.7 Å². The first kappa shape index (κ1) is 25.1. The third-order valence-corrected chi connectivity index (χ3v) is 5.16. The summed E-state index contributed by atoms with van der Waals surface area (Å²) in [6.45, 7) is 6.92. The van der Waals surface area contributed by atoms with Gasteiger partial charge >= 0.3 is 5.97 Å². The maximum absolute atomic E-state index is 13.1. The molecule has 2 aromatic rings. The maximum Gasteiger partial charge on any atom is 0.338 e. The topological polar surface area (TPSA) is 66.5 Å². The van der Waals surface area contributed by atoms with Gasteiger partial charge < -0.3 is 28.6 Å². The first-order chi connectivity index (χ1) is 15.5. The molecule has 0 fully saturated rings. The van der Waals surface area contributed by atoms with E-state index in [1.54, 1.807) is 25.3 Å². The molecule has 0 N–H and O–H groups in total. The van der Waals surface area contributed by atoms with E-state index in [0.717, 1.165) is 24.4 Å². The van der Waals surface area contributed by atoms with Gasteiger partial charge in [0.2, 0.25) is 5.75 Å². The van der Waals surface area contributed by atoms with Crippen LogP contribution >= 0.6 is 0 Å². The van der Waals surface area contributed by atoms with Crippen LogP contribution in [0.3, 0.4) is 0 Å². The van der Waals surface area contributed by atoms with Gasteiger partial charge in [0, 0.05) is 6.54 Å². The van der Waals surface area contributed by atoms with Crippen LogP contribution in [-0.4, -0.2) is 65.5 Å². The van der Waals surface area contributed by atoms with Crippen LogP contribution in [0.25, 0.3) is 11.6 Å². The second kappa shape index (κ2) is 12.6. The van der Waals surface area contributed by atoms with Crippen LogP contribution in [0.2, 0.25) is 0 Å². The summed E-state index contributed by atoms with van der Waals surface area (Å²) in [4.78, 5) is 15.3. The number of methoxy groups -OCH3 is 4. The van der Waals surface area contributed by atoms with E-state index in [9.17, 15) is 4.79 Å². The monoisotopic (exact) mass is 443 g/mol. The Morgan fingerprint density at radius 1 is 0.875 bits per heavy atom. The van der Waals surface area contributed by atoms with Crippen molar-refractivity contribution in [2.24, 2.45) is 0 Å². The van der Waals surface area contributed by atoms with Crippen LogP contribution in [-0.2, 0) is 9.53 Å². The molecule has 7 nitrogen and oxygen atoms in total. The molecule has 0 heterocycles. The van der Waals surface area contributed by atoms with Gasteiger partial charge in [0.05, 0.1) is 34.0 Å². The molecule has 2 rings (SSSR count). The van der Waals surface area contributed by atoms with E-state index >= 15 is 0 Å². The molecule has 32 heavy (non-hydrogen) atoms. The predicted molar refractivity (Wildman–Crippen MR) is 126 cm³/mol. The summed E-state index contributed by atoms with van der Waals surface area (Å²) in [6.07, 6.45) is 1.78. The second-order valence-electron chi connectivity index (χ2n) is 6.91. The van der Waals surface area contributed by atoms with Crippen LogP contribution < -0.4 is 18.9 Å². The van der Waals surface area contributed by atoms with Crippen LogP contribution in [0, 0.1) is 0 Å². The predicted octanol–water partition coefficient (Wildman–Crippen LogP) is 4.15. The van der Waals surface area contributed by atoms with Gasteiger partial charge in [-0.1, -0.05) is 26.0 Å². The lowest BCUT2D eigenvalue weighted by Crippen LogP contribution is -2.28. The Bertz CT molecular complexity index is 878. The number of nitrogens with zero attached hydrogens (tertiary/aromatic N) is 1. The van der Waals surface area contributed by atoms with Gasteiger partial charge in [-0.3, -0.25) is 0 Å². The molecule has 0 aromatic heterocycles. The van der Waals surface area contributed by atoms with Crippen LogP contribution in [0.4, 0.5) is 0 Å². The van der Waals surface area contributed by atoms with Crippen LogP contribution in [0.15, 0.2) is 36.4 Å². The van der Waals surface area contributed by atoms with Gasteiger partial charge in [0.1, 0.15) is 12.4 Å². The van der Waals surface area contributed by atoms with Crippen molar-refractivity contribution in [3.63, 3.8) is 0 Å². The molecule has 0 spiro atoms. The van der Waals surface area contributed by atoms with E-state index in [0.29, 0.717) is 41.5 Å². The summed E-state index contributed by atoms with van der Waals surface area (Å²) in [7, 11) is 6.22. The third kappa shape index (κ3) is 6.40. The second-order valence-corrected chi connectivity index (χ2v) is 6.91. The van der Waals surface area contributed by atoms with Gasteiger partial charge in [-0.15, -0.1) is 0 Å². The number of likely N-dealkylation sites (N-methyl/N-ethyl adjacent to an activating group) is 1. The van der Waals surface area contributed by atoms with Gasteiger partial charge in [-0.05, 0) is 54.6 Å². The Balaban J connectivity index is 2.45. The highest BCUT2D eigenvalue weighted by atomic mass is 16.5. The molecular formula is C25H33NO6. The lowest BCUT2D eigenvalue weighted by atomic mass is 10.0. The summed E-state index contributed by atoms with van der Waals surface area (Å²) in [5, 5.41) is 0. The number of carbonyl (C=O) groups excluding carboxylic acids is 1. The molecule has 0 atom stereocenters. The van der Waals surface area contributed by atoms with E-state index in [2.05, 4.69) is 18.7 Å². The van der Waals surface area contributed by atoms with Crippen LogP contribution in [0.5, 0.6) is 23.0 Å². The Labute approximate surface area is 190 Å². The van der Waals surface area contributed by atoms with E-state index in [1.165, 1.54) is 21.3 Å². The lowest BCUT2D eigenvalue weighted by Gasteiger charge is -2.18. The number of carbonyl (C=O) groups is 1. The van der Waals surface area contributed by atoms with Gasteiger partial charge in [0.15, 0.2) is 11.5 Å². The summed E-state index contributed by atoms with van der Waals surface area (Å²) < 4.78 is 27.2. The standard InChI is InChI=1S/C25H33NO6/c1-7-26(8-2)13-14-32-25(27)21(15-18-9-11-20(28-3)12-10-18)19-16-22(29-4)24(31-6)23(17-19)30-5/h9-12,15-17H,7-8,13-14H2,1-6H3/b21-15-. The zero-order valence-electron chi connectivity index (χ0n) is 19.8. The average Bonchev–Trinajstić information content (AvgIpc) is 2.84. The summed E-state index contributed by atoms with van der Waals surface area (Å²) in [6, 6.07) is 10.9. The fourth-order valence-corrected chi connectivity index (χ4v) is 3.25. The number of benzene rings is 2. The highest BCUT2D eigenvalue weighted by molar-refractivity contribution is 6.21. The fraction of sp³-hybridized carbons (Fsp3) is 0.400. The first-order valence-corrected chi connectivity index (χ1v) is 10.6. The molecule has 0 saturated carbocycles. The molecule has 0 aliphatic rings. The molecule has 0 amide bonds. The summed E-state index contributed by atoms with van der Waals surface area (Å²) >= 11 is 0. The minimum Gasteiger partial charge on any atom is -0.497 e. The number of esters is 1. The van der Waals surface area contributed by atoms with Crippen molar-refractivity contribution in [3.05, 3.63) is 47.5 Å². The normalized spacial score (nSPS) is 11.3. The molecule has 0 radical (unpaired) electrons. The Kier molecular flexibility index (Phi) is 9.88. The Morgan fingerprint density at radius 2 is 1.47 bits per heavy atom. The molecular weight excluding hydrogens is 410 g/mol. The van der Waals surface area contributed by atoms with Gasteiger partial charge in [-0.2, -0.15) is 0 Å². The quantitative estimate of drug-likeness (QED) is 0.277. The van der Waals surface area contributed by atoms with Crippen LogP contribution in [0.1, 0.15) is 25.0 Å². The van der Waals surface area contributed by atoms with Gasteiger partial charge in [-0.25, -0.2) is 4.79 Å². The SMILES string of the molecule is CCN(CC)CCOC(=O)/C(=C\c1ccc(OC)cc1)c1cc(OC)c(OC)c(OC)c1. The first-order valence-electron chi connectivity index (χ1n) is 10.6. The van der Waals surface area contributed by atoms with E-state index < -0.39 is 5.97 Å². The average molecular weight is 444 g/mol. The van der Waals surface area contributed by atoms with Crippen molar-refractivity contribution in [2.45, 2.75) is 13.8 Å². The zero-order chi connectivity index (χ0) is 23.5. The Morgan fingerprint density at radius 3 is 1.94 bits per heavy atom. The summed E-state index contributed by atoms with van der Waals surface area (Å²) in [5.74, 6) is 1.68. The summed E-state index contributed by atoms with van der Waals surface area (Å²) in [5.41, 5.74) is 1.81. The highest BCUT2D eigenvalue weighted by Crippen LogP contribution is 2.40. The largest absolute Gasteiger partial charge is 0.497 e. The number of rotatable bonds is 12. The fourth-order valence-electron chi connectivity index (χ4n) is 3.25. The third-order valence-electron chi connectivity index (χ3n) is 5.16. The van der Waals surface area contributed by atoms with Crippen molar-refractivity contribution in [1.29, 1.82) is 0 Å². The van der Waals surface area contributed by atoms with Crippen molar-refractivity contribution in [3.8, 4) is 23.0 Å².